The molecule has 12 heteroatoms. The van der Waals surface area contributed by atoms with E-state index in [0.717, 1.165) is 33.1 Å². The van der Waals surface area contributed by atoms with Gasteiger partial charge in [-0.25, -0.2) is 9.97 Å². The van der Waals surface area contributed by atoms with E-state index in [1.54, 1.807) is 45.6 Å². The molecule has 0 aliphatic carbocycles. The van der Waals surface area contributed by atoms with Crippen LogP contribution in [0.3, 0.4) is 0 Å². The average Bonchev–Trinajstić information content (AvgIpc) is 3.63. The molecule has 3 aromatic carbocycles. The van der Waals surface area contributed by atoms with Gasteiger partial charge in [-0.2, -0.15) is 0 Å². The van der Waals surface area contributed by atoms with Crippen LogP contribution in [0.4, 0.5) is 22.3 Å². The lowest BCUT2D eigenvalue weighted by Gasteiger charge is -2.14. The molecular weight excluding hydrogens is 594 g/mol. The van der Waals surface area contributed by atoms with Gasteiger partial charge in [0.2, 0.25) is 5.75 Å². The van der Waals surface area contributed by atoms with Crippen LogP contribution in [0.25, 0.3) is 21.1 Å². The number of carbonyl (C=O) groups excluding carboxylic acids is 1. The average molecular weight is 622 g/mol. The minimum absolute atomic E-state index is 0.187. The van der Waals surface area contributed by atoms with Gasteiger partial charge in [0.05, 0.1) is 27.0 Å². The molecule has 4 N–H and O–H groups in total. The lowest BCUT2D eigenvalue weighted by atomic mass is 10.1. The van der Waals surface area contributed by atoms with Crippen LogP contribution in [0.5, 0.6) is 17.2 Å². The van der Waals surface area contributed by atoms with Crippen LogP contribution in [-0.2, 0) is 6.42 Å². The van der Waals surface area contributed by atoms with Gasteiger partial charge in [0, 0.05) is 45.9 Å². The number of halogens is 1. The molecule has 0 radical (unpaired) electrons. The predicted octanol–water partition coefficient (Wildman–Crippen LogP) is 7.32. The largest absolute Gasteiger partial charge is 0.493 e. The number of thiazole rings is 2. The number of aryl methyl sites for hydroxylation is 1. The van der Waals surface area contributed by atoms with E-state index in [4.69, 9.17) is 36.5 Å². The molecule has 5 aromatic rings. The monoisotopic (exact) mass is 621 g/mol. The number of methoxy groups -OCH3 is 3. The number of carbonyl (C=O) groups is 1. The fraction of sp³-hybridized carbons (Fsp3) is 0.167. The van der Waals surface area contributed by atoms with Crippen molar-refractivity contribution < 1.29 is 19.0 Å². The van der Waals surface area contributed by atoms with Crippen LogP contribution in [0.15, 0.2) is 66.0 Å². The van der Waals surface area contributed by atoms with Gasteiger partial charge in [-0.1, -0.05) is 35.6 Å². The molecular formula is C30H28ClN5O4S2. The Labute approximate surface area is 256 Å². The molecule has 0 saturated heterocycles. The Kier molecular flexibility index (Phi) is 9.11. The van der Waals surface area contributed by atoms with E-state index < -0.39 is 0 Å². The van der Waals surface area contributed by atoms with Crippen LogP contribution in [0.1, 0.15) is 15.9 Å². The maximum absolute atomic E-state index is 12.8. The summed E-state index contributed by atoms with van der Waals surface area (Å²) in [5, 5.41) is 9.52. The van der Waals surface area contributed by atoms with Crippen molar-refractivity contribution in [1.29, 1.82) is 0 Å². The number of hydrogen-bond acceptors (Lipinski definition) is 10. The van der Waals surface area contributed by atoms with E-state index in [-0.39, 0.29) is 5.91 Å². The molecule has 42 heavy (non-hydrogen) atoms. The highest BCUT2D eigenvalue weighted by molar-refractivity contribution is 7.23. The lowest BCUT2D eigenvalue weighted by Crippen LogP contribution is -2.11. The maximum Gasteiger partial charge on any atom is 0.255 e. The summed E-state index contributed by atoms with van der Waals surface area (Å²) < 4.78 is 16.3. The van der Waals surface area contributed by atoms with Crippen LogP contribution < -0.4 is 30.6 Å². The second-order valence-electron chi connectivity index (χ2n) is 8.98. The van der Waals surface area contributed by atoms with Gasteiger partial charge in [0.15, 0.2) is 16.6 Å². The van der Waals surface area contributed by atoms with E-state index in [2.05, 4.69) is 15.6 Å². The number of alkyl halides is 1. The summed E-state index contributed by atoms with van der Waals surface area (Å²) in [7, 11) is 4.68. The second kappa shape index (κ2) is 13.1. The molecule has 2 heterocycles. The number of nitrogens with zero attached hydrogens (tertiary/aromatic N) is 2. The van der Waals surface area contributed by atoms with Gasteiger partial charge < -0.3 is 30.6 Å². The molecule has 0 aliphatic heterocycles. The number of hydrogen-bond donors (Lipinski definition) is 3. The zero-order chi connectivity index (χ0) is 29.6. The number of nitrogens with two attached hydrogens (primary N) is 1. The molecule has 0 bridgehead atoms. The van der Waals surface area contributed by atoms with Crippen molar-refractivity contribution in [2.75, 3.05) is 43.6 Å². The normalized spacial score (nSPS) is 10.8. The Balaban J connectivity index is 1.32. The molecule has 1 amide bonds. The highest BCUT2D eigenvalue weighted by Crippen LogP contribution is 2.43. The van der Waals surface area contributed by atoms with E-state index in [0.29, 0.717) is 51.0 Å². The number of rotatable bonds is 11. The van der Waals surface area contributed by atoms with Crippen LogP contribution in [0, 0.1) is 0 Å². The first kappa shape index (κ1) is 29.2. The zero-order valence-corrected chi connectivity index (χ0v) is 25.5. The first-order chi connectivity index (χ1) is 20.4. The van der Waals surface area contributed by atoms with Crippen molar-refractivity contribution in [1.82, 2.24) is 9.97 Å². The molecule has 2 aromatic heterocycles. The number of aromatic nitrogens is 2. The van der Waals surface area contributed by atoms with Gasteiger partial charge in [-0.15, -0.1) is 22.9 Å². The van der Waals surface area contributed by atoms with Gasteiger partial charge in [-0.05, 0) is 36.2 Å². The molecule has 0 atom stereocenters. The fourth-order valence-electron chi connectivity index (χ4n) is 4.22. The smallest absolute Gasteiger partial charge is 0.255 e. The van der Waals surface area contributed by atoms with Gasteiger partial charge in [-0.3, -0.25) is 4.79 Å². The summed E-state index contributed by atoms with van der Waals surface area (Å²) in [6.07, 6.45) is 0.763. The Bertz CT molecular complexity index is 1680. The Morgan fingerprint density at radius 1 is 0.952 bits per heavy atom. The number of nitrogens with one attached hydrogen (secondary N) is 2. The summed E-state index contributed by atoms with van der Waals surface area (Å²) >= 11 is 8.66. The van der Waals surface area contributed by atoms with Gasteiger partial charge >= 0.3 is 0 Å². The summed E-state index contributed by atoms with van der Waals surface area (Å²) in [5.74, 6) is 2.27. The maximum atomic E-state index is 12.8. The molecule has 9 nitrogen and oxygen atoms in total. The minimum Gasteiger partial charge on any atom is -0.493 e. The third kappa shape index (κ3) is 6.43. The lowest BCUT2D eigenvalue weighted by molar-refractivity contribution is 0.102. The van der Waals surface area contributed by atoms with Gasteiger partial charge in [0.1, 0.15) is 15.7 Å². The first-order valence-corrected chi connectivity index (χ1v) is 15.0. The van der Waals surface area contributed by atoms with E-state index in [1.807, 2.05) is 41.8 Å². The van der Waals surface area contributed by atoms with Crippen LogP contribution >= 0.6 is 34.3 Å². The summed E-state index contributed by atoms with van der Waals surface area (Å²) in [5.41, 5.74) is 11.0. The number of nitrogen functional groups attached to an aromatic ring is 1. The zero-order valence-electron chi connectivity index (χ0n) is 23.1. The van der Waals surface area contributed by atoms with Crippen molar-refractivity contribution in [2.45, 2.75) is 6.42 Å². The Morgan fingerprint density at radius 2 is 1.69 bits per heavy atom. The van der Waals surface area contributed by atoms with Crippen molar-refractivity contribution in [2.24, 2.45) is 0 Å². The SMILES string of the molecule is COc1cc(Nc2nc(N)c(-c3nc(-c4cccc(NC(=O)c5ccc(CCCl)cc5)c4)cs3)s2)cc(OC)c1OC. The van der Waals surface area contributed by atoms with Crippen molar-refractivity contribution in [3.8, 4) is 38.4 Å². The Morgan fingerprint density at radius 3 is 2.36 bits per heavy atom. The Hall–Kier alpha value is -4.32. The van der Waals surface area contributed by atoms with Crippen molar-refractivity contribution in [3.05, 3.63) is 77.2 Å². The summed E-state index contributed by atoms with van der Waals surface area (Å²) in [6.45, 7) is 0. The first-order valence-electron chi connectivity index (χ1n) is 12.8. The second-order valence-corrected chi connectivity index (χ2v) is 11.2. The molecule has 0 unspecified atom stereocenters. The van der Waals surface area contributed by atoms with Crippen molar-refractivity contribution in [3.63, 3.8) is 0 Å². The van der Waals surface area contributed by atoms with Crippen LogP contribution in [-0.4, -0.2) is 43.1 Å². The quantitative estimate of drug-likeness (QED) is 0.131. The highest BCUT2D eigenvalue weighted by atomic mass is 35.5. The third-order valence-electron chi connectivity index (χ3n) is 6.28. The van der Waals surface area contributed by atoms with E-state index in [1.165, 1.54) is 22.7 Å². The van der Waals surface area contributed by atoms with Gasteiger partial charge in [0.25, 0.3) is 5.91 Å². The number of ether oxygens (including phenoxy) is 3. The molecule has 5 rings (SSSR count). The summed E-state index contributed by atoms with van der Waals surface area (Å²) in [6, 6.07) is 18.6. The third-order valence-corrected chi connectivity index (χ3v) is 8.45. The molecule has 216 valence electrons. The topological polar surface area (TPSA) is 121 Å². The fourth-order valence-corrected chi connectivity index (χ4v) is 6.27. The molecule has 0 aliphatic rings. The van der Waals surface area contributed by atoms with Crippen molar-refractivity contribution >= 4 is 62.5 Å². The van der Waals surface area contributed by atoms with Crippen LogP contribution in [0.2, 0.25) is 0 Å². The van der Waals surface area contributed by atoms with E-state index >= 15 is 0 Å². The molecule has 0 saturated carbocycles. The molecule has 0 fully saturated rings. The number of benzene rings is 3. The number of amides is 1. The number of anilines is 4. The standard InChI is InChI=1S/C30H28ClN5O4S2/c1-38-23-14-21(15-24(39-2)25(23)40-3)34-30-36-27(32)26(42-30)29-35-22(16-41-29)19-5-4-6-20(13-19)33-28(37)18-9-7-17(8-10-18)11-12-31/h4-10,13-16H,11-12,32H2,1-3H3,(H,33,37)(H,34,36). The minimum atomic E-state index is -0.187. The highest BCUT2D eigenvalue weighted by Gasteiger charge is 2.18. The summed E-state index contributed by atoms with van der Waals surface area (Å²) in [4.78, 5) is 22.9. The molecule has 0 spiro atoms. The van der Waals surface area contributed by atoms with E-state index in [9.17, 15) is 4.79 Å². The predicted molar refractivity (Wildman–Crippen MR) is 171 cm³/mol.